The standard InChI is InChI=1S/2C4H8.2HI.V/c2*1-3-4-2;;;/h3-4H,1-2H3;3H,1,4H2,2H3;2*1H;/q;;;;+2/p-2. The first-order chi connectivity index (χ1) is 5.24. The average Bonchev–Trinajstić information content (AvgIpc) is 2.06. The summed E-state index contributed by atoms with van der Waals surface area (Å²) in [6.45, 7) is 9.54. The van der Waals surface area contributed by atoms with Crippen molar-refractivity contribution in [2.24, 2.45) is 0 Å². The Morgan fingerprint density at radius 2 is 1.45 bits per heavy atom. The van der Waals surface area contributed by atoms with Gasteiger partial charge >= 0.3 is 49.4 Å². The monoisotopic (exact) mass is 417 g/mol. The molecule has 0 aliphatic heterocycles. The minimum absolute atomic E-state index is 0.628. The second-order valence-electron chi connectivity index (χ2n) is 1.43. The number of hydrogen-bond donors (Lipinski definition) is 0. The Morgan fingerprint density at radius 1 is 1.27 bits per heavy atom. The molecule has 0 radical (unpaired) electrons. The van der Waals surface area contributed by atoms with Gasteiger partial charge in [0.2, 0.25) is 0 Å². The van der Waals surface area contributed by atoms with Gasteiger partial charge in [-0.05, 0) is 20.3 Å². The van der Waals surface area contributed by atoms with Crippen LogP contribution in [0.15, 0.2) is 24.8 Å². The zero-order valence-corrected chi connectivity index (χ0v) is 13.1. The summed E-state index contributed by atoms with van der Waals surface area (Å²) in [5.41, 5.74) is 0. The fourth-order valence-electron chi connectivity index (χ4n) is 0. The van der Waals surface area contributed by atoms with Crippen molar-refractivity contribution in [3.05, 3.63) is 24.8 Å². The second kappa shape index (κ2) is 30.0. The summed E-state index contributed by atoms with van der Waals surface area (Å²) < 4.78 is 0. The first kappa shape index (κ1) is 18.3. The van der Waals surface area contributed by atoms with Gasteiger partial charge in [0.25, 0.3) is 0 Å². The van der Waals surface area contributed by atoms with Crippen molar-refractivity contribution in [2.75, 3.05) is 0 Å². The molecule has 0 spiro atoms. The summed E-state index contributed by atoms with van der Waals surface area (Å²) >= 11 is 4.74. The van der Waals surface area contributed by atoms with Gasteiger partial charge in [-0.3, -0.25) is 0 Å². The van der Waals surface area contributed by atoms with Gasteiger partial charge in [-0.2, -0.15) is 0 Å². The molecular formula is C8H16I2V. The van der Waals surface area contributed by atoms with Gasteiger partial charge in [0.05, 0.1) is 0 Å². The molecule has 11 heavy (non-hydrogen) atoms. The van der Waals surface area contributed by atoms with E-state index >= 15 is 0 Å². The summed E-state index contributed by atoms with van der Waals surface area (Å²) in [6, 6.07) is 0. The van der Waals surface area contributed by atoms with Gasteiger partial charge in [0.15, 0.2) is 0 Å². The number of allylic oxidation sites excluding steroid dienone is 3. The van der Waals surface area contributed by atoms with Crippen LogP contribution in [0.1, 0.15) is 27.2 Å². The Hall–Kier alpha value is 1.52. The molecule has 0 atom stereocenters. The van der Waals surface area contributed by atoms with Crippen molar-refractivity contribution in [1.29, 1.82) is 0 Å². The van der Waals surface area contributed by atoms with E-state index in [1.54, 1.807) is 0 Å². The van der Waals surface area contributed by atoms with Gasteiger partial charge < -0.3 is 0 Å². The molecule has 0 heterocycles. The molecule has 0 saturated heterocycles. The molecule has 0 amide bonds. The van der Waals surface area contributed by atoms with Crippen LogP contribution in [0.25, 0.3) is 0 Å². The molecule has 0 N–H and O–H groups in total. The van der Waals surface area contributed by atoms with Crippen molar-refractivity contribution >= 4 is 40.0 Å². The summed E-state index contributed by atoms with van der Waals surface area (Å²) in [5, 5.41) is 0. The summed E-state index contributed by atoms with van der Waals surface area (Å²) in [5.74, 6) is 0. The molecule has 0 rings (SSSR count). The van der Waals surface area contributed by atoms with Crippen LogP contribution in [-0.2, 0) is 9.47 Å². The molecule has 0 aromatic heterocycles. The molecule has 3 heteroatoms. The van der Waals surface area contributed by atoms with Crippen LogP contribution >= 0.6 is 40.0 Å². The number of halogens is 2. The van der Waals surface area contributed by atoms with Crippen LogP contribution in [0.2, 0.25) is 0 Å². The van der Waals surface area contributed by atoms with E-state index in [1.807, 2.05) is 32.1 Å². The van der Waals surface area contributed by atoms with E-state index in [-0.39, 0.29) is 0 Å². The Bertz CT molecular complexity index is 68.5. The van der Waals surface area contributed by atoms with Crippen molar-refractivity contribution in [1.82, 2.24) is 0 Å². The van der Waals surface area contributed by atoms with Gasteiger partial charge in [0.1, 0.15) is 0 Å². The van der Waals surface area contributed by atoms with Crippen molar-refractivity contribution in [2.45, 2.75) is 27.2 Å². The van der Waals surface area contributed by atoms with Gasteiger partial charge in [-0.15, -0.1) is 6.58 Å². The molecule has 0 unspecified atom stereocenters. The molecule has 0 aromatic rings. The predicted octanol–water partition coefficient (Wildman–Crippen LogP) is 4.93. The Kier molecular flexibility index (Phi) is 50.0. The second-order valence-corrected chi connectivity index (χ2v) is 13.2. The molecule has 0 aliphatic rings. The van der Waals surface area contributed by atoms with E-state index in [9.17, 15) is 0 Å². The SMILES string of the molecule is C=CCC.CC=CC.[I][V][I]. The fraction of sp³-hybridized carbons (Fsp3) is 0.500. The van der Waals surface area contributed by atoms with E-state index in [2.05, 4.69) is 53.5 Å². The molecule has 0 bridgehead atoms. The molecule has 0 aromatic carbocycles. The van der Waals surface area contributed by atoms with Crippen molar-refractivity contribution in [3.8, 4) is 0 Å². The third-order valence-corrected chi connectivity index (χ3v) is 0.622. The molecule has 0 fully saturated rings. The van der Waals surface area contributed by atoms with E-state index in [4.69, 9.17) is 0 Å². The van der Waals surface area contributed by atoms with Gasteiger partial charge in [-0.25, -0.2) is 0 Å². The van der Waals surface area contributed by atoms with Gasteiger partial charge in [0, 0.05) is 0 Å². The summed E-state index contributed by atoms with van der Waals surface area (Å²) in [7, 11) is 0.628. The zero-order valence-electron chi connectivity index (χ0n) is 7.35. The minimum atomic E-state index is 0.628. The summed E-state index contributed by atoms with van der Waals surface area (Å²) in [4.78, 5) is 0. The molecule has 0 aliphatic carbocycles. The molecule has 67 valence electrons. The molecule has 0 saturated carbocycles. The van der Waals surface area contributed by atoms with Crippen LogP contribution in [0.3, 0.4) is 0 Å². The Labute approximate surface area is 100 Å². The topological polar surface area (TPSA) is 0 Å². The van der Waals surface area contributed by atoms with Crippen molar-refractivity contribution in [3.63, 3.8) is 0 Å². The van der Waals surface area contributed by atoms with E-state index in [0.29, 0.717) is 9.47 Å². The fourth-order valence-corrected chi connectivity index (χ4v) is 0. The maximum absolute atomic E-state index is 3.48. The van der Waals surface area contributed by atoms with E-state index in [0.717, 1.165) is 6.42 Å². The van der Waals surface area contributed by atoms with Crippen molar-refractivity contribution < 1.29 is 9.47 Å². The Balaban J connectivity index is -0.0000000886. The Morgan fingerprint density at radius 3 is 1.45 bits per heavy atom. The van der Waals surface area contributed by atoms with Crippen LogP contribution in [0, 0.1) is 0 Å². The number of hydrogen-bond acceptors (Lipinski definition) is 0. The van der Waals surface area contributed by atoms with Crippen LogP contribution < -0.4 is 0 Å². The zero-order chi connectivity index (χ0) is 9.54. The van der Waals surface area contributed by atoms with Crippen LogP contribution in [0.5, 0.6) is 0 Å². The quantitative estimate of drug-likeness (QED) is 0.420. The maximum atomic E-state index is 3.48. The normalized spacial score (nSPS) is 7.00. The third kappa shape index (κ3) is 84.2. The molecule has 0 nitrogen and oxygen atoms in total. The van der Waals surface area contributed by atoms with E-state index < -0.39 is 0 Å². The predicted molar refractivity (Wildman–Crippen MR) is 69.0 cm³/mol. The summed E-state index contributed by atoms with van der Waals surface area (Å²) in [6.07, 6.45) is 6.96. The first-order valence-electron chi connectivity index (χ1n) is 3.35. The molecular weight excluding hydrogens is 401 g/mol. The third-order valence-electron chi connectivity index (χ3n) is 0.622. The first-order valence-corrected chi connectivity index (χ1v) is 12.4. The number of rotatable bonds is 1. The van der Waals surface area contributed by atoms with Crippen LogP contribution in [-0.4, -0.2) is 0 Å². The average molecular weight is 417 g/mol. The van der Waals surface area contributed by atoms with E-state index in [1.165, 1.54) is 0 Å². The van der Waals surface area contributed by atoms with Gasteiger partial charge in [-0.1, -0.05) is 25.2 Å². The van der Waals surface area contributed by atoms with Crippen LogP contribution in [0.4, 0.5) is 0 Å².